The van der Waals surface area contributed by atoms with Gasteiger partial charge in [0.2, 0.25) is 0 Å². The minimum Gasteiger partial charge on any atom is -0.393 e. The zero-order chi connectivity index (χ0) is 13.0. The molecule has 0 saturated heterocycles. The van der Waals surface area contributed by atoms with Gasteiger partial charge in [-0.1, -0.05) is 49.6 Å². The molecule has 1 fully saturated rings. The van der Waals surface area contributed by atoms with Crippen LogP contribution in [0.25, 0.3) is 0 Å². The van der Waals surface area contributed by atoms with E-state index in [1.807, 2.05) is 18.2 Å². The zero-order valence-electron chi connectivity index (χ0n) is 11.1. The van der Waals surface area contributed by atoms with Gasteiger partial charge in [-0.05, 0) is 49.1 Å². The molecular weight excluding hydrogens is 244 g/mol. The molecule has 0 bridgehead atoms. The Kier molecular flexibility index (Phi) is 5.08. The van der Waals surface area contributed by atoms with Crippen LogP contribution in [0.4, 0.5) is 0 Å². The van der Waals surface area contributed by atoms with Gasteiger partial charge in [-0.3, -0.25) is 0 Å². The number of hydrogen-bond acceptors (Lipinski definition) is 1. The molecule has 1 aromatic carbocycles. The van der Waals surface area contributed by atoms with Crippen molar-refractivity contribution in [2.45, 2.75) is 51.6 Å². The summed E-state index contributed by atoms with van der Waals surface area (Å²) in [7, 11) is 0. The van der Waals surface area contributed by atoms with Crippen molar-refractivity contribution in [2.24, 2.45) is 11.8 Å². The molecule has 1 aliphatic carbocycles. The Morgan fingerprint density at radius 2 is 2.06 bits per heavy atom. The largest absolute Gasteiger partial charge is 0.393 e. The lowest BCUT2D eigenvalue weighted by Gasteiger charge is -2.33. The van der Waals surface area contributed by atoms with Crippen molar-refractivity contribution in [3.8, 4) is 0 Å². The van der Waals surface area contributed by atoms with E-state index < -0.39 is 0 Å². The topological polar surface area (TPSA) is 20.2 Å². The van der Waals surface area contributed by atoms with Crippen molar-refractivity contribution in [1.29, 1.82) is 0 Å². The first kappa shape index (κ1) is 13.9. The SMILES string of the molecule is CCCC1CCC(O)C(Cc2ccccc2Cl)C1. The molecule has 3 unspecified atom stereocenters. The average molecular weight is 267 g/mol. The van der Waals surface area contributed by atoms with Crippen molar-refractivity contribution in [1.82, 2.24) is 0 Å². The summed E-state index contributed by atoms with van der Waals surface area (Å²) in [5.41, 5.74) is 1.18. The fourth-order valence-electron chi connectivity index (χ4n) is 3.18. The number of hydrogen-bond donors (Lipinski definition) is 1. The van der Waals surface area contributed by atoms with Gasteiger partial charge in [0.05, 0.1) is 6.10 Å². The van der Waals surface area contributed by atoms with E-state index in [4.69, 9.17) is 11.6 Å². The van der Waals surface area contributed by atoms with Crippen LogP contribution in [0.3, 0.4) is 0 Å². The molecule has 1 saturated carbocycles. The second-order valence-electron chi connectivity index (χ2n) is 5.59. The first-order valence-corrected chi connectivity index (χ1v) is 7.50. The van der Waals surface area contributed by atoms with Crippen LogP contribution in [0, 0.1) is 11.8 Å². The Morgan fingerprint density at radius 3 is 2.78 bits per heavy atom. The number of rotatable bonds is 4. The Bertz CT molecular complexity index is 377. The average Bonchev–Trinajstić information content (AvgIpc) is 2.36. The quantitative estimate of drug-likeness (QED) is 0.853. The summed E-state index contributed by atoms with van der Waals surface area (Å²) < 4.78 is 0. The molecule has 0 amide bonds. The van der Waals surface area contributed by atoms with E-state index in [9.17, 15) is 5.11 Å². The minimum absolute atomic E-state index is 0.144. The minimum atomic E-state index is -0.144. The molecule has 18 heavy (non-hydrogen) atoms. The lowest BCUT2D eigenvalue weighted by atomic mass is 9.75. The molecule has 0 heterocycles. The fraction of sp³-hybridized carbons (Fsp3) is 0.625. The van der Waals surface area contributed by atoms with Gasteiger partial charge < -0.3 is 5.11 Å². The second-order valence-corrected chi connectivity index (χ2v) is 6.00. The number of aliphatic hydroxyl groups is 1. The molecule has 1 aromatic rings. The van der Waals surface area contributed by atoms with Gasteiger partial charge in [-0.2, -0.15) is 0 Å². The zero-order valence-corrected chi connectivity index (χ0v) is 11.9. The van der Waals surface area contributed by atoms with Crippen LogP contribution in [0.1, 0.15) is 44.6 Å². The number of benzene rings is 1. The predicted molar refractivity (Wildman–Crippen MR) is 76.9 cm³/mol. The van der Waals surface area contributed by atoms with Crippen LogP contribution in [-0.4, -0.2) is 11.2 Å². The van der Waals surface area contributed by atoms with Gasteiger partial charge in [-0.25, -0.2) is 0 Å². The summed E-state index contributed by atoms with van der Waals surface area (Å²) in [5.74, 6) is 1.18. The van der Waals surface area contributed by atoms with E-state index in [-0.39, 0.29) is 6.10 Å². The van der Waals surface area contributed by atoms with E-state index in [1.165, 1.54) is 24.8 Å². The third-order valence-corrected chi connectivity index (χ3v) is 4.56. The Hall–Kier alpha value is -0.530. The van der Waals surface area contributed by atoms with Crippen LogP contribution in [0.5, 0.6) is 0 Å². The van der Waals surface area contributed by atoms with E-state index in [2.05, 4.69) is 13.0 Å². The number of halogens is 1. The summed E-state index contributed by atoms with van der Waals surface area (Å²) in [6.45, 7) is 2.24. The maximum Gasteiger partial charge on any atom is 0.0571 e. The first-order valence-electron chi connectivity index (χ1n) is 7.12. The molecule has 2 rings (SSSR count). The van der Waals surface area contributed by atoms with E-state index in [1.54, 1.807) is 0 Å². The molecule has 1 aliphatic rings. The summed E-state index contributed by atoms with van der Waals surface area (Å²) >= 11 is 6.21. The second kappa shape index (κ2) is 6.58. The molecule has 3 atom stereocenters. The maximum atomic E-state index is 10.2. The van der Waals surface area contributed by atoms with Crippen molar-refractivity contribution in [2.75, 3.05) is 0 Å². The molecular formula is C16H23ClO. The summed E-state index contributed by atoms with van der Waals surface area (Å²) in [5, 5.41) is 11.0. The van der Waals surface area contributed by atoms with Gasteiger partial charge in [0, 0.05) is 5.02 Å². The highest BCUT2D eigenvalue weighted by Gasteiger charge is 2.29. The first-order chi connectivity index (χ1) is 8.70. The molecule has 100 valence electrons. The Balaban J connectivity index is 2.00. The molecule has 1 nitrogen and oxygen atoms in total. The molecule has 0 spiro atoms. The van der Waals surface area contributed by atoms with E-state index >= 15 is 0 Å². The number of aliphatic hydroxyl groups excluding tert-OH is 1. The molecule has 0 radical (unpaired) electrons. The smallest absolute Gasteiger partial charge is 0.0571 e. The van der Waals surface area contributed by atoms with Gasteiger partial charge in [-0.15, -0.1) is 0 Å². The lowest BCUT2D eigenvalue weighted by molar-refractivity contribution is 0.0463. The van der Waals surface area contributed by atoms with E-state index in [0.717, 1.165) is 30.2 Å². The van der Waals surface area contributed by atoms with Crippen molar-refractivity contribution >= 4 is 11.6 Å². The van der Waals surface area contributed by atoms with Crippen LogP contribution < -0.4 is 0 Å². The van der Waals surface area contributed by atoms with Crippen LogP contribution >= 0.6 is 11.6 Å². The van der Waals surface area contributed by atoms with Crippen LogP contribution in [0.2, 0.25) is 5.02 Å². The van der Waals surface area contributed by atoms with Crippen LogP contribution in [0.15, 0.2) is 24.3 Å². The fourth-order valence-corrected chi connectivity index (χ4v) is 3.39. The third-order valence-electron chi connectivity index (χ3n) is 4.19. The lowest BCUT2D eigenvalue weighted by Crippen LogP contribution is -2.30. The highest BCUT2D eigenvalue weighted by Crippen LogP contribution is 2.35. The molecule has 0 aromatic heterocycles. The molecule has 0 aliphatic heterocycles. The Morgan fingerprint density at radius 1 is 1.28 bits per heavy atom. The molecule has 1 N–H and O–H groups in total. The highest BCUT2D eigenvalue weighted by molar-refractivity contribution is 6.31. The maximum absolute atomic E-state index is 10.2. The Labute approximate surface area is 115 Å². The summed E-state index contributed by atoms with van der Waals surface area (Å²) in [4.78, 5) is 0. The van der Waals surface area contributed by atoms with Gasteiger partial charge >= 0.3 is 0 Å². The molecule has 2 heteroatoms. The normalized spacial score (nSPS) is 28.3. The summed E-state index contributed by atoms with van der Waals surface area (Å²) in [6, 6.07) is 8.01. The monoisotopic (exact) mass is 266 g/mol. The van der Waals surface area contributed by atoms with Gasteiger partial charge in [0.25, 0.3) is 0 Å². The van der Waals surface area contributed by atoms with E-state index in [0.29, 0.717) is 5.92 Å². The predicted octanol–water partition coefficient (Wildman–Crippen LogP) is 4.46. The van der Waals surface area contributed by atoms with Gasteiger partial charge in [0.15, 0.2) is 0 Å². The third kappa shape index (κ3) is 3.49. The van der Waals surface area contributed by atoms with Gasteiger partial charge in [0.1, 0.15) is 0 Å². The van der Waals surface area contributed by atoms with Crippen LogP contribution in [-0.2, 0) is 6.42 Å². The standard InChI is InChI=1S/C16H23ClO/c1-2-5-12-8-9-16(18)14(10-12)11-13-6-3-4-7-15(13)17/h3-4,6-7,12,14,16,18H,2,5,8-11H2,1H3. The van der Waals surface area contributed by atoms with Crippen molar-refractivity contribution in [3.05, 3.63) is 34.9 Å². The summed E-state index contributed by atoms with van der Waals surface area (Å²) in [6.07, 6.45) is 6.62. The van der Waals surface area contributed by atoms with Crippen molar-refractivity contribution in [3.63, 3.8) is 0 Å². The highest BCUT2D eigenvalue weighted by atomic mass is 35.5. The van der Waals surface area contributed by atoms with Crippen molar-refractivity contribution < 1.29 is 5.11 Å².